The van der Waals surface area contributed by atoms with Crippen LogP contribution in [0.4, 0.5) is 0 Å². The minimum Gasteiger partial charge on any atom is -0.495 e. The Morgan fingerprint density at radius 1 is 1.37 bits per heavy atom. The van der Waals surface area contributed by atoms with Crippen molar-refractivity contribution in [3.63, 3.8) is 0 Å². The highest BCUT2D eigenvalue weighted by Crippen LogP contribution is 2.30. The lowest BCUT2D eigenvalue weighted by atomic mass is 10.2. The molecule has 0 saturated heterocycles. The van der Waals surface area contributed by atoms with Gasteiger partial charge in [-0.25, -0.2) is 8.42 Å². The number of hydrogen-bond acceptors (Lipinski definition) is 3. The van der Waals surface area contributed by atoms with E-state index in [1.807, 2.05) is 6.92 Å². The minimum absolute atomic E-state index is 0.207. The van der Waals surface area contributed by atoms with Crippen LogP contribution in [0.15, 0.2) is 39.2 Å². The number of nitrogens with zero attached hydrogens (tertiary/aromatic N) is 1. The predicted octanol–water partition coefficient (Wildman–Crippen LogP) is 2.80. The number of sulfonamides is 1. The predicted molar refractivity (Wildman–Crippen MR) is 77.8 cm³/mol. The topological polar surface area (TPSA) is 46.6 Å². The zero-order valence-corrected chi connectivity index (χ0v) is 13.3. The zero-order valence-electron chi connectivity index (χ0n) is 10.9. The molecular weight excluding hydrogens is 330 g/mol. The van der Waals surface area contributed by atoms with Crippen LogP contribution >= 0.6 is 15.9 Å². The van der Waals surface area contributed by atoms with Crippen LogP contribution < -0.4 is 4.74 Å². The molecule has 1 heterocycles. The number of ether oxygens (including phenoxy) is 1. The van der Waals surface area contributed by atoms with Gasteiger partial charge in [0.1, 0.15) is 10.6 Å². The maximum atomic E-state index is 12.7. The summed E-state index contributed by atoms with van der Waals surface area (Å²) in [5, 5.41) is 0. The van der Waals surface area contributed by atoms with Crippen molar-refractivity contribution in [3.05, 3.63) is 34.3 Å². The van der Waals surface area contributed by atoms with E-state index in [9.17, 15) is 8.42 Å². The summed E-state index contributed by atoms with van der Waals surface area (Å²) in [6, 6.07) is 5.00. The second-order valence-corrected chi connectivity index (χ2v) is 7.29. The summed E-state index contributed by atoms with van der Waals surface area (Å²) >= 11 is 3.30. The van der Waals surface area contributed by atoms with Crippen LogP contribution in [0.5, 0.6) is 5.75 Å². The van der Waals surface area contributed by atoms with Crippen LogP contribution in [-0.4, -0.2) is 32.9 Å². The second kappa shape index (κ2) is 5.64. The monoisotopic (exact) mass is 345 g/mol. The summed E-state index contributed by atoms with van der Waals surface area (Å²) in [4.78, 5) is 0.207. The van der Waals surface area contributed by atoms with Crippen molar-refractivity contribution in [1.82, 2.24) is 4.31 Å². The molecule has 19 heavy (non-hydrogen) atoms. The van der Waals surface area contributed by atoms with Crippen molar-refractivity contribution < 1.29 is 13.2 Å². The zero-order chi connectivity index (χ0) is 14.0. The SMILES string of the molecule is COc1ccc(Br)cc1S(=O)(=O)N1CCC=C(C)C1. The molecule has 0 unspecified atom stereocenters. The number of benzene rings is 1. The molecule has 0 saturated carbocycles. The molecule has 0 aromatic heterocycles. The van der Waals surface area contributed by atoms with Crippen molar-refractivity contribution >= 4 is 26.0 Å². The highest BCUT2D eigenvalue weighted by Gasteiger charge is 2.29. The highest BCUT2D eigenvalue weighted by atomic mass is 79.9. The van der Waals surface area contributed by atoms with E-state index in [1.165, 1.54) is 11.4 Å². The largest absolute Gasteiger partial charge is 0.495 e. The standard InChI is InChI=1S/C13H16BrNO3S/c1-10-4-3-7-15(9-10)19(16,17)13-8-11(14)5-6-12(13)18-2/h4-6,8H,3,7,9H2,1-2H3. The third-order valence-electron chi connectivity index (χ3n) is 3.04. The van der Waals surface area contributed by atoms with E-state index in [1.54, 1.807) is 18.2 Å². The van der Waals surface area contributed by atoms with Gasteiger partial charge in [-0.3, -0.25) is 0 Å². The molecule has 0 radical (unpaired) electrons. The maximum Gasteiger partial charge on any atom is 0.247 e. The summed E-state index contributed by atoms with van der Waals surface area (Å²) in [6.45, 7) is 2.90. The molecule has 0 N–H and O–H groups in total. The van der Waals surface area contributed by atoms with Gasteiger partial charge < -0.3 is 4.74 Å². The first-order valence-electron chi connectivity index (χ1n) is 5.94. The van der Waals surface area contributed by atoms with Gasteiger partial charge in [0.2, 0.25) is 10.0 Å². The Bertz CT molecular complexity index is 610. The van der Waals surface area contributed by atoms with Crippen molar-refractivity contribution in [1.29, 1.82) is 0 Å². The first-order valence-corrected chi connectivity index (χ1v) is 8.18. The molecule has 2 rings (SSSR count). The van der Waals surface area contributed by atoms with Crippen molar-refractivity contribution in [2.24, 2.45) is 0 Å². The normalized spacial score (nSPS) is 17.1. The quantitative estimate of drug-likeness (QED) is 0.791. The molecule has 0 atom stereocenters. The van der Waals surface area contributed by atoms with E-state index in [4.69, 9.17) is 4.74 Å². The van der Waals surface area contributed by atoms with Gasteiger partial charge in [0.25, 0.3) is 0 Å². The third kappa shape index (κ3) is 3.01. The lowest BCUT2D eigenvalue weighted by Gasteiger charge is -2.26. The molecule has 0 aliphatic carbocycles. The van der Waals surface area contributed by atoms with Crippen LogP contribution in [0, 0.1) is 0 Å². The Labute approximate surface area is 122 Å². The van der Waals surface area contributed by atoms with Gasteiger partial charge in [0.15, 0.2) is 0 Å². The molecule has 0 fully saturated rings. The number of halogens is 1. The fraction of sp³-hybridized carbons (Fsp3) is 0.385. The van der Waals surface area contributed by atoms with Crippen LogP contribution in [0.1, 0.15) is 13.3 Å². The van der Waals surface area contributed by atoms with Gasteiger partial charge in [-0.05, 0) is 31.5 Å². The number of methoxy groups -OCH3 is 1. The summed E-state index contributed by atoms with van der Waals surface area (Å²) in [5.41, 5.74) is 1.07. The second-order valence-electron chi connectivity index (χ2n) is 4.47. The van der Waals surface area contributed by atoms with Gasteiger partial charge >= 0.3 is 0 Å². The Morgan fingerprint density at radius 3 is 2.74 bits per heavy atom. The van der Waals surface area contributed by atoms with Crippen molar-refractivity contribution in [2.75, 3.05) is 20.2 Å². The van der Waals surface area contributed by atoms with Gasteiger partial charge in [-0.1, -0.05) is 27.6 Å². The first-order chi connectivity index (χ1) is 8.95. The van der Waals surface area contributed by atoms with E-state index >= 15 is 0 Å². The van der Waals surface area contributed by atoms with Crippen molar-refractivity contribution in [3.8, 4) is 5.75 Å². The minimum atomic E-state index is -3.52. The Hall–Kier alpha value is -0.850. The van der Waals surface area contributed by atoms with Crippen LogP contribution in [0.3, 0.4) is 0 Å². The van der Waals surface area contributed by atoms with E-state index < -0.39 is 10.0 Å². The molecular formula is C13H16BrNO3S. The van der Waals surface area contributed by atoms with Gasteiger partial charge in [-0.2, -0.15) is 4.31 Å². The van der Waals surface area contributed by atoms with E-state index in [2.05, 4.69) is 22.0 Å². The van der Waals surface area contributed by atoms with Crippen LogP contribution in [0.2, 0.25) is 0 Å². The lowest BCUT2D eigenvalue weighted by Crippen LogP contribution is -2.35. The first kappa shape index (κ1) is 14.6. The van der Waals surface area contributed by atoms with Crippen LogP contribution in [0.25, 0.3) is 0 Å². The molecule has 1 aliphatic rings. The number of hydrogen-bond donors (Lipinski definition) is 0. The molecule has 1 aliphatic heterocycles. The summed E-state index contributed by atoms with van der Waals surface area (Å²) < 4.78 is 32.7. The van der Waals surface area contributed by atoms with E-state index in [0.717, 1.165) is 16.5 Å². The average molecular weight is 346 g/mol. The molecule has 1 aromatic rings. The fourth-order valence-corrected chi connectivity index (χ4v) is 4.26. The lowest BCUT2D eigenvalue weighted by molar-refractivity contribution is 0.392. The smallest absolute Gasteiger partial charge is 0.247 e. The Balaban J connectivity index is 2.45. The molecule has 4 nitrogen and oxygen atoms in total. The van der Waals surface area contributed by atoms with Gasteiger partial charge in [0.05, 0.1) is 7.11 Å². The highest BCUT2D eigenvalue weighted by molar-refractivity contribution is 9.10. The summed E-state index contributed by atoms with van der Waals surface area (Å²) in [5.74, 6) is 0.371. The molecule has 1 aromatic carbocycles. The van der Waals surface area contributed by atoms with Gasteiger partial charge in [0, 0.05) is 17.6 Å². The fourth-order valence-electron chi connectivity index (χ4n) is 2.07. The number of rotatable bonds is 3. The molecule has 104 valence electrons. The van der Waals surface area contributed by atoms with E-state index in [-0.39, 0.29) is 4.90 Å². The Morgan fingerprint density at radius 2 is 2.11 bits per heavy atom. The maximum absolute atomic E-state index is 12.7. The average Bonchev–Trinajstić information content (AvgIpc) is 2.38. The molecule has 0 spiro atoms. The third-order valence-corrected chi connectivity index (χ3v) is 5.40. The van der Waals surface area contributed by atoms with Gasteiger partial charge in [-0.15, -0.1) is 0 Å². The summed E-state index contributed by atoms with van der Waals surface area (Å²) in [6.07, 6.45) is 2.82. The Kier molecular flexibility index (Phi) is 4.32. The molecule has 0 amide bonds. The van der Waals surface area contributed by atoms with Crippen LogP contribution in [-0.2, 0) is 10.0 Å². The molecule has 6 heteroatoms. The molecule has 0 bridgehead atoms. The van der Waals surface area contributed by atoms with Crippen molar-refractivity contribution in [2.45, 2.75) is 18.2 Å². The summed E-state index contributed by atoms with van der Waals surface area (Å²) in [7, 11) is -2.05. The van der Waals surface area contributed by atoms with E-state index in [0.29, 0.717) is 18.8 Å².